The second kappa shape index (κ2) is 5.31. The Kier molecular flexibility index (Phi) is 3.96. The molecule has 0 spiro atoms. The van der Waals surface area contributed by atoms with E-state index in [2.05, 4.69) is 9.69 Å². The van der Waals surface area contributed by atoms with Crippen LogP contribution in [0.5, 0.6) is 0 Å². The predicted molar refractivity (Wildman–Crippen MR) is 79.3 cm³/mol. The largest absolute Gasteiger partial charge is 0.344 e. The van der Waals surface area contributed by atoms with Gasteiger partial charge in [-0.2, -0.15) is 4.37 Å². The zero-order chi connectivity index (χ0) is 13.3. The molecule has 0 radical (unpaired) electrons. The average Bonchev–Trinajstić information content (AvgIpc) is 2.64. The zero-order valence-corrected chi connectivity index (χ0v) is 12.7. The van der Waals surface area contributed by atoms with Crippen LogP contribution < -0.4 is 5.32 Å². The summed E-state index contributed by atoms with van der Waals surface area (Å²) < 4.78 is 17.9. The molecule has 0 aliphatic heterocycles. The fraction of sp³-hybridized carbons (Fsp3) is 0.167. The van der Waals surface area contributed by atoms with Crippen LogP contribution in [0.25, 0.3) is 0 Å². The van der Waals surface area contributed by atoms with Crippen LogP contribution in [0.15, 0.2) is 18.2 Å². The fourth-order valence-corrected chi connectivity index (χ4v) is 3.05. The molecule has 94 valence electrons. The van der Waals surface area contributed by atoms with Gasteiger partial charge in [0, 0.05) is 3.57 Å². The number of nitrogens with one attached hydrogen (secondary N) is 1. The van der Waals surface area contributed by atoms with E-state index in [1.807, 2.05) is 22.6 Å². The molecule has 0 unspecified atom stereocenters. The van der Waals surface area contributed by atoms with Crippen LogP contribution in [-0.4, -0.2) is 10.2 Å². The van der Waals surface area contributed by atoms with Gasteiger partial charge in [0.25, 0.3) is 0 Å². The van der Waals surface area contributed by atoms with Crippen LogP contribution in [0.3, 0.4) is 0 Å². The van der Waals surface area contributed by atoms with E-state index in [1.165, 1.54) is 30.6 Å². The normalized spacial score (nSPS) is 10.4. The van der Waals surface area contributed by atoms with Crippen molar-refractivity contribution in [3.8, 4) is 0 Å². The number of aromatic nitrogens is 1. The standard InChI is InChI=1S/C12H10FIN2OS/c1-6-11(7(2)17)12(18-16-6)15-10-4-3-8(13)5-9(10)14/h3-5,15H,1-2H3. The smallest absolute Gasteiger partial charge is 0.164 e. The van der Waals surface area contributed by atoms with E-state index in [0.717, 1.165) is 9.26 Å². The Morgan fingerprint density at radius 2 is 2.22 bits per heavy atom. The molecule has 0 bridgehead atoms. The summed E-state index contributed by atoms with van der Waals surface area (Å²) in [4.78, 5) is 11.5. The van der Waals surface area contributed by atoms with Gasteiger partial charge in [-0.1, -0.05) is 0 Å². The van der Waals surface area contributed by atoms with Gasteiger partial charge in [0.15, 0.2) is 5.78 Å². The Morgan fingerprint density at radius 1 is 1.50 bits per heavy atom. The monoisotopic (exact) mass is 376 g/mol. The Bertz CT molecular complexity index is 612. The molecule has 0 aliphatic carbocycles. The topological polar surface area (TPSA) is 42.0 Å². The number of ketones is 1. The van der Waals surface area contributed by atoms with E-state index in [1.54, 1.807) is 13.0 Å². The third-order valence-electron chi connectivity index (χ3n) is 2.39. The van der Waals surface area contributed by atoms with Crippen LogP contribution in [0.1, 0.15) is 23.0 Å². The van der Waals surface area contributed by atoms with Gasteiger partial charge in [-0.15, -0.1) is 0 Å². The number of benzene rings is 1. The molecule has 2 aromatic rings. The van der Waals surface area contributed by atoms with Gasteiger partial charge < -0.3 is 5.32 Å². The fourth-order valence-electron chi connectivity index (χ4n) is 1.58. The number of hydrogen-bond acceptors (Lipinski definition) is 4. The maximum Gasteiger partial charge on any atom is 0.164 e. The van der Waals surface area contributed by atoms with Crippen molar-refractivity contribution in [3.63, 3.8) is 0 Å². The number of nitrogens with zero attached hydrogens (tertiary/aromatic N) is 1. The van der Waals surface area contributed by atoms with Crippen molar-refractivity contribution in [3.05, 3.63) is 38.8 Å². The molecule has 0 fully saturated rings. The second-order valence-electron chi connectivity index (χ2n) is 3.78. The Labute approximate surface area is 122 Å². The summed E-state index contributed by atoms with van der Waals surface area (Å²) in [6.07, 6.45) is 0. The van der Waals surface area contributed by atoms with Crippen molar-refractivity contribution in [2.45, 2.75) is 13.8 Å². The van der Waals surface area contributed by atoms with Gasteiger partial charge in [-0.05, 0) is 66.2 Å². The van der Waals surface area contributed by atoms with Gasteiger partial charge in [-0.25, -0.2) is 4.39 Å². The third kappa shape index (κ3) is 2.69. The Morgan fingerprint density at radius 3 is 2.83 bits per heavy atom. The summed E-state index contributed by atoms with van der Waals surface area (Å²) in [5, 5.41) is 3.83. The maximum atomic E-state index is 13.0. The lowest BCUT2D eigenvalue weighted by Gasteiger charge is -2.07. The molecule has 3 nitrogen and oxygen atoms in total. The molecule has 1 aromatic heterocycles. The van der Waals surface area contributed by atoms with Gasteiger partial charge in [0.1, 0.15) is 10.8 Å². The quantitative estimate of drug-likeness (QED) is 0.647. The lowest BCUT2D eigenvalue weighted by Crippen LogP contribution is -1.99. The van der Waals surface area contributed by atoms with Crippen molar-refractivity contribution >= 4 is 50.6 Å². The first-order valence-electron chi connectivity index (χ1n) is 5.18. The molecule has 0 saturated heterocycles. The van der Waals surface area contributed by atoms with Crippen LogP contribution in [0.4, 0.5) is 15.1 Å². The highest BCUT2D eigenvalue weighted by molar-refractivity contribution is 14.1. The summed E-state index contributed by atoms with van der Waals surface area (Å²) >= 11 is 3.28. The van der Waals surface area contributed by atoms with Crippen molar-refractivity contribution in [2.75, 3.05) is 5.32 Å². The van der Waals surface area contributed by atoms with E-state index in [-0.39, 0.29) is 11.6 Å². The minimum Gasteiger partial charge on any atom is -0.344 e. The van der Waals surface area contributed by atoms with Gasteiger partial charge in [0.2, 0.25) is 0 Å². The maximum absolute atomic E-state index is 13.0. The summed E-state index contributed by atoms with van der Waals surface area (Å²) in [6, 6.07) is 4.46. The molecule has 2 rings (SSSR count). The molecular weight excluding hydrogens is 366 g/mol. The number of aryl methyl sites for hydroxylation is 1. The number of rotatable bonds is 3. The van der Waals surface area contributed by atoms with E-state index in [9.17, 15) is 9.18 Å². The molecule has 6 heteroatoms. The molecule has 1 aromatic carbocycles. The van der Waals surface area contributed by atoms with Crippen LogP contribution >= 0.6 is 34.1 Å². The van der Waals surface area contributed by atoms with E-state index >= 15 is 0 Å². The number of anilines is 2. The Hall–Kier alpha value is -1.02. The summed E-state index contributed by atoms with van der Waals surface area (Å²) in [6.45, 7) is 3.31. The number of carbonyl (C=O) groups is 1. The van der Waals surface area contributed by atoms with Crippen molar-refractivity contribution < 1.29 is 9.18 Å². The first-order valence-corrected chi connectivity index (χ1v) is 7.03. The Balaban J connectivity index is 2.37. The van der Waals surface area contributed by atoms with E-state index < -0.39 is 0 Å². The summed E-state index contributed by atoms with van der Waals surface area (Å²) in [5.41, 5.74) is 2.08. The van der Waals surface area contributed by atoms with E-state index in [0.29, 0.717) is 16.3 Å². The predicted octanol–water partition coefficient (Wildman–Crippen LogP) is 4.14. The van der Waals surface area contributed by atoms with Crippen LogP contribution in [0.2, 0.25) is 0 Å². The van der Waals surface area contributed by atoms with Gasteiger partial charge >= 0.3 is 0 Å². The molecule has 18 heavy (non-hydrogen) atoms. The highest BCUT2D eigenvalue weighted by Crippen LogP contribution is 2.30. The molecule has 0 atom stereocenters. The first kappa shape index (κ1) is 13.4. The molecule has 0 amide bonds. The molecular formula is C12H10FIN2OS. The third-order valence-corrected chi connectivity index (χ3v) is 4.14. The number of hydrogen-bond donors (Lipinski definition) is 1. The SMILES string of the molecule is CC(=O)c1c(C)nsc1Nc1ccc(F)cc1I. The van der Waals surface area contributed by atoms with Crippen molar-refractivity contribution in [1.82, 2.24) is 4.37 Å². The van der Waals surface area contributed by atoms with Crippen molar-refractivity contribution in [2.24, 2.45) is 0 Å². The second-order valence-corrected chi connectivity index (χ2v) is 5.71. The van der Waals surface area contributed by atoms with Gasteiger partial charge in [0.05, 0.1) is 16.9 Å². The molecule has 1 N–H and O–H groups in total. The van der Waals surface area contributed by atoms with Crippen LogP contribution in [0, 0.1) is 16.3 Å². The first-order chi connectivity index (χ1) is 8.49. The lowest BCUT2D eigenvalue weighted by molar-refractivity contribution is 0.101. The van der Waals surface area contributed by atoms with E-state index in [4.69, 9.17) is 0 Å². The average molecular weight is 376 g/mol. The molecule has 0 saturated carbocycles. The number of halogens is 2. The minimum atomic E-state index is -0.280. The number of carbonyl (C=O) groups excluding carboxylic acids is 1. The molecule has 0 aliphatic rings. The summed E-state index contributed by atoms with van der Waals surface area (Å²) in [5.74, 6) is -0.307. The van der Waals surface area contributed by atoms with Gasteiger partial charge in [-0.3, -0.25) is 4.79 Å². The van der Waals surface area contributed by atoms with Crippen LogP contribution in [-0.2, 0) is 0 Å². The zero-order valence-electron chi connectivity index (χ0n) is 9.75. The minimum absolute atomic E-state index is 0.0270. The number of Topliss-reactive ketones (excluding diaryl/α,β-unsaturated/α-hetero) is 1. The highest BCUT2D eigenvalue weighted by Gasteiger charge is 2.15. The summed E-state index contributed by atoms with van der Waals surface area (Å²) in [7, 11) is 0. The highest BCUT2D eigenvalue weighted by atomic mass is 127. The lowest BCUT2D eigenvalue weighted by atomic mass is 10.2. The molecule has 1 heterocycles. The van der Waals surface area contributed by atoms with Crippen molar-refractivity contribution in [1.29, 1.82) is 0 Å².